The first-order chi connectivity index (χ1) is 12.6. The van der Waals surface area contributed by atoms with E-state index >= 15 is 0 Å². The number of halogens is 1. The minimum atomic E-state index is -0.664. The molecule has 0 radical (unpaired) electrons. The number of hydrogen-bond donors (Lipinski definition) is 2. The molecule has 7 nitrogen and oxygen atoms in total. The molecule has 132 valence electrons. The molecule has 2 N–H and O–H groups in total. The minimum absolute atomic E-state index is 0.0329. The number of carbonyl (C=O) groups is 2. The quantitative estimate of drug-likeness (QED) is 0.738. The van der Waals surface area contributed by atoms with Crippen molar-refractivity contribution in [3.63, 3.8) is 0 Å². The van der Waals surface area contributed by atoms with E-state index in [1.165, 1.54) is 7.11 Å². The Kier molecular flexibility index (Phi) is 4.00. The molecular formula is C18H15ClN4O3. The molecule has 1 aliphatic heterocycles. The van der Waals surface area contributed by atoms with Crippen molar-refractivity contribution in [1.82, 2.24) is 9.55 Å². The first-order valence-corrected chi connectivity index (χ1v) is 8.36. The third-order valence-electron chi connectivity index (χ3n) is 4.26. The number of ether oxygens (including phenoxy) is 1. The molecule has 1 atom stereocenters. The summed E-state index contributed by atoms with van der Waals surface area (Å²) in [6.07, 6.45) is -0.0329. The van der Waals surface area contributed by atoms with E-state index < -0.39 is 6.04 Å². The number of amides is 2. The van der Waals surface area contributed by atoms with Crippen LogP contribution in [0.3, 0.4) is 0 Å². The van der Waals surface area contributed by atoms with Crippen LogP contribution in [0.2, 0.25) is 5.02 Å². The third-order valence-corrected chi connectivity index (χ3v) is 4.49. The Morgan fingerprint density at radius 3 is 2.96 bits per heavy atom. The number of hydrogen-bond acceptors (Lipinski definition) is 4. The van der Waals surface area contributed by atoms with Gasteiger partial charge in [0.25, 0.3) is 0 Å². The number of nitrogens with one attached hydrogen (secondary N) is 2. The zero-order valence-corrected chi connectivity index (χ0v) is 14.6. The van der Waals surface area contributed by atoms with Crippen molar-refractivity contribution in [2.75, 3.05) is 17.7 Å². The number of nitrogens with zero attached hydrogens (tertiary/aromatic N) is 2. The van der Waals surface area contributed by atoms with Gasteiger partial charge in [0.2, 0.25) is 17.8 Å². The zero-order valence-electron chi connectivity index (χ0n) is 13.8. The van der Waals surface area contributed by atoms with Crippen molar-refractivity contribution in [1.29, 1.82) is 0 Å². The molecular weight excluding hydrogens is 356 g/mol. The average molecular weight is 371 g/mol. The van der Waals surface area contributed by atoms with Gasteiger partial charge in [0.05, 0.1) is 30.3 Å². The summed E-state index contributed by atoms with van der Waals surface area (Å²) in [5, 5.41) is 5.96. The van der Waals surface area contributed by atoms with Gasteiger partial charge in [0.15, 0.2) is 0 Å². The van der Waals surface area contributed by atoms with E-state index in [1.807, 2.05) is 24.3 Å². The number of fused-ring (bicyclic) bond motifs is 3. The zero-order chi connectivity index (χ0) is 18.3. The summed E-state index contributed by atoms with van der Waals surface area (Å²) in [5.41, 5.74) is 2.03. The van der Waals surface area contributed by atoms with Gasteiger partial charge in [-0.05, 0) is 30.3 Å². The fourth-order valence-corrected chi connectivity index (χ4v) is 3.27. The van der Waals surface area contributed by atoms with Crippen LogP contribution in [0.4, 0.5) is 11.6 Å². The maximum atomic E-state index is 12.5. The van der Waals surface area contributed by atoms with Crippen LogP contribution in [0, 0.1) is 0 Å². The van der Waals surface area contributed by atoms with Gasteiger partial charge in [0.1, 0.15) is 11.8 Å². The van der Waals surface area contributed by atoms with E-state index in [-0.39, 0.29) is 18.2 Å². The smallest absolute Gasteiger partial charge is 0.250 e. The van der Waals surface area contributed by atoms with E-state index in [9.17, 15) is 9.59 Å². The number of carbonyl (C=O) groups excluding carboxylic acids is 2. The molecule has 0 unspecified atom stereocenters. The topological polar surface area (TPSA) is 85.2 Å². The SMILES string of the molecule is COc1ccc(Cl)cc1NC(=O)C[C@@H]1C(=O)Nc2nc3ccccc3n21. The van der Waals surface area contributed by atoms with E-state index in [0.717, 1.165) is 11.0 Å². The Morgan fingerprint density at radius 1 is 1.35 bits per heavy atom. The Hall–Kier alpha value is -3.06. The average Bonchev–Trinajstić information content (AvgIpc) is 3.11. The van der Waals surface area contributed by atoms with Gasteiger partial charge >= 0.3 is 0 Å². The Morgan fingerprint density at radius 2 is 2.15 bits per heavy atom. The summed E-state index contributed by atoms with van der Waals surface area (Å²) in [7, 11) is 1.51. The maximum Gasteiger partial charge on any atom is 0.250 e. The number of methoxy groups -OCH3 is 1. The van der Waals surface area contributed by atoms with Gasteiger partial charge in [0, 0.05) is 5.02 Å². The number of aromatic nitrogens is 2. The summed E-state index contributed by atoms with van der Waals surface area (Å²) >= 11 is 5.98. The Bertz CT molecular complexity index is 1030. The lowest BCUT2D eigenvalue weighted by molar-refractivity contribution is -0.123. The van der Waals surface area contributed by atoms with E-state index in [1.54, 1.807) is 22.8 Å². The molecule has 1 aromatic heterocycles. The molecule has 3 aromatic rings. The van der Waals surface area contributed by atoms with Crippen LogP contribution in [-0.4, -0.2) is 28.5 Å². The van der Waals surface area contributed by atoms with Crippen LogP contribution in [0.25, 0.3) is 11.0 Å². The second-order valence-corrected chi connectivity index (χ2v) is 6.33. The standard InChI is InChI=1S/C18H15ClN4O3/c1-26-15-7-6-10(19)8-12(15)20-16(24)9-14-17(25)22-18-21-11-4-2-3-5-13(11)23(14)18/h2-8,14H,9H2,1H3,(H,20,24)(H,21,22,25)/t14-/m1/s1. The summed E-state index contributed by atoms with van der Waals surface area (Å²) in [4.78, 5) is 29.2. The summed E-state index contributed by atoms with van der Waals surface area (Å²) < 4.78 is 6.98. The predicted octanol–water partition coefficient (Wildman–Crippen LogP) is 3.22. The summed E-state index contributed by atoms with van der Waals surface area (Å²) in [5.74, 6) is 0.365. The number of benzene rings is 2. The van der Waals surface area contributed by atoms with Crippen LogP contribution in [0.5, 0.6) is 5.75 Å². The van der Waals surface area contributed by atoms with Crippen molar-refractivity contribution < 1.29 is 14.3 Å². The molecule has 1 aliphatic rings. The van der Waals surface area contributed by atoms with Gasteiger partial charge in [-0.2, -0.15) is 0 Å². The van der Waals surface area contributed by atoms with Crippen LogP contribution in [0.15, 0.2) is 42.5 Å². The maximum absolute atomic E-state index is 12.5. The van der Waals surface area contributed by atoms with Gasteiger partial charge in [-0.15, -0.1) is 0 Å². The minimum Gasteiger partial charge on any atom is -0.495 e. The van der Waals surface area contributed by atoms with Gasteiger partial charge in [-0.1, -0.05) is 23.7 Å². The van der Waals surface area contributed by atoms with Crippen LogP contribution >= 0.6 is 11.6 Å². The van der Waals surface area contributed by atoms with Crippen LogP contribution in [-0.2, 0) is 9.59 Å². The first kappa shape index (κ1) is 16.4. The lowest BCUT2D eigenvalue weighted by atomic mass is 10.1. The molecule has 0 aliphatic carbocycles. The molecule has 0 fully saturated rings. The summed E-state index contributed by atoms with van der Waals surface area (Å²) in [6.45, 7) is 0. The number of rotatable bonds is 4. The molecule has 0 saturated heterocycles. The molecule has 0 spiro atoms. The van der Waals surface area contributed by atoms with Crippen molar-refractivity contribution in [3.05, 3.63) is 47.5 Å². The molecule has 2 aromatic carbocycles. The van der Waals surface area contributed by atoms with Crippen molar-refractivity contribution >= 4 is 46.1 Å². The second kappa shape index (κ2) is 6.34. The molecule has 26 heavy (non-hydrogen) atoms. The highest BCUT2D eigenvalue weighted by molar-refractivity contribution is 6.31. The number of para-hydroxylation sites is 2. The van der Waals surface area contributed by atoms with E-state index in [2.05, 4.69) is 15.6 Å². The molecule has 8 heteroatoms. The lowest BCUT2D eigenvalue weighted by Crippen LogP contribution is -2.23. The van der Waals surface area contributed by atoms with Crippen molar-refractivity contribution in [2.45, 2.75) is 12.5 Å². The summed E-state index contributed by atoms with van der Waals surface area (Å²) in [6, 6.07) is 11.8. The van der Waals surface area contributed by atoms with Gasteiger partial charge < -0.3 is 10.1 Å². The second-order valence-electron chi connectivity index (χ2n) is 5.90. The van der Waals surface area contributed by atoms with Crippen molar-refractivity contribution in [2.24, 2.45) is 0 Å². The number of imidazole rings is 1. The molecule has 4 rings (SSSR count). The van der Waals surface area contributed by atoms with E-state index in [4.69, 9.17) is 16.3 Å². The highest BCUT2D eigenvalue weighted by Crippen LogP contribution is 2.33. The normalized spacial score (nSPS) is 15.6. The van der Waals surface area contributed by atoms with Crippen LogP contribution < -0.4 is 15.4 Å². The largest absolute Gasteiger partial charge is 0.495 e. The van der Waals surface area contributed by atoms with E-state index in [0.29, 0.717) is 22.4 Å². The Balaban J connectivity index is 1.59. The van der Waals surface area contributed by atoms with Gasteiger partial charge in [-0.3, -0.25) is 19.5 Å². The fourth-order valence-electron chi connectivity index (χ4n) is 3.10. The molecule has 0 bridgehead atoms. The fraction of sp³-hybridized carbons (Fsp3) is 0.167. The third kappa shape index (κ3) is 2.76. The van der Waals surface area contributed by atoms with Crippen LogP contribution in [0.1, 0.15) is 12.5 Å². The predicted molar refractivity (Wildman–Crippen MR) is 98.7 cm³/mol. The van der Waals surface area contributed by atoms with Crippen molar-refractivity contribution in [3.8, 4) is 5.75 Å². The molecule has 2 amide bonds. The monoisotopic (exact) mass is 370 g/mol. The first-order valence-electron chi connectivity index (χ1n) is 7.98. The Labute approximate surface area is 153 Å². The lowest BCUT2D eigenvalue weighted by Gasteiger charge is -2.14. The molecule has 2 heterocycles. The number of anilines is 2. The highest BCUT2D eigenvalue weighted by Gasteiger charge is 2.34. The molecule has 0 saturated carbocycles. The highest BCUT2D eigenvalue weighted by atomic mass is 35.5. The van der Waals surface area contributed by atoms with Gasteiger partial charge in [-0.25, -0.2) is 4.98 Å².